The van der Waals surface area contributed by atoms with Crippen molar-refractivity contribution in [2.75, 3.05) is 9.80 Å². The number of alkyl halides is 2. The normalized spacial score (nSPS) is 30.6. The number of carbonyl (C=O) groups is 4. The molecular formula is C32H24BCl2FN2O7. The van der Waals surface area contributed by atoms with Crippen LogP contribution in [-0.4, -0.2) is 55.7 Å². The van der Waals surface area contributed by atoms with Gasteiger partial charge in [0.25, 0.3) is 11.8 Å². The Morgan fingerprint density at radius 1 is 0.822 bits per heavy atom. The molecule has 2 aliphatic carbocycles. The van der Waals surface area contributed by atoms with E-state index in [1.807, 2.05) is 0 Å². The lowest BCUT2D eigenvalue weighted by Crippen LogP contribution is -2.60. The molecule has 4 amide bonds. The molecule has 0 radical (unpaired) electrons. The Balaban J connectivity index is 1.37. The maximum absolute atomic E-state index is 14.3. The third-order valence-corrected chi connectivity index (χ3v) is 10.9. The van der Waals surface area contributed by atoms with E-state index in [0.717, 1.165) is 21.9 Å². The predicted octanol–water partition coefficient (Wildman–Crippen LogP) is 2.98. The second-order valence-corrected chi connectivity index (χ2v) is 13.1. The largest absolute Gasteiger partial charge is 0.508 e. The van der Waals surface area contributed by atoms with Crippen LogP contribution < -0.4 is 15.3 Å². The zero-order chi connectivity index (χ0) is 32.0. The smallest absolute Gasteiger partial charge is 0.488 e. The van der Waals surface area contributed by atoms with Crippen LogP contribution in [0.25, 0.3) is 0 Å². The first-order valence-electron chi connectivity index (χ1n) is 14.2. The zero-order valence-corrected chi connectivity index (χ0v) is 24.8. The van der Waals surface area contributed by atoms with Crippen LogP contribution in [-0.2, 0) is 19.2 Å². The summed E-state index contributed by atoms with van der Waals surface area (Å²) in [6.07, 6.45) is 1.63. The summed E-state index contributed by atoms with van der Waals surface area (Å²) < 4.78 is 13.8. The van der Waals surface area contributed by atoms with E-state index in [9.17, 15) is 38.7 Å². The molecule has 3 fully saturated rings. The molecule has 7 rings (SSSR count). The summed E-state index contributed by atoms with van der Waals surface area (Å²) in [5, 5.41) is 29.8. The Labute approximate surface area is 266 Å². The van der Waals surface area contributed by atoms with Crippen molar-refractivity contribution in [2.24, 2.45) is 17.8 Å². The topological polar surface area (TPSA) is 135 Å². The van der Waals surface area contributed by atoms with Crippen LogP contribution in [0.2, 0.25) is 0 Å². The highest BCUT2D eigenvalue weighted by Gasteiger charge is 2.76. The molecule has 3 aromatic rings. The Bertz CT molecular complexity index is 1840. The van der Waals surface area contributed by atoms with Gasteiger partial charge in [0.05, 0.1) is 23.2 Å². The molecule has 3 aromatic carbocycles. The Morgan fingerprint density at radius 3 is 2.22 bits per heavy atom. The highest BCUT2D eigenvalue weighted by Crippen LogP contribution is 2.66. The maximum Gasteiger partial charge on any atom is 0.488 e. The molecule has 2 heterocycles. The number of aromatic hydroxyl groups is 1. The van der Waals surface area contributed by atoms with Crippen LogP contribution in [0.3, 0.4) is 0 Å². The number of rotatable bonds is 4. The molecule has 2 aliphatic heterocycles. The summed E-state index contributed by atoms with van der Waals surface area (Å²) in [5.41, 5.74) is 1.23. The molecule has 9 nitrogen and oxygen atoms in total. The van der Waals surface area contributed by atoms with Crippen LogP contribution in [0.5, 0.6) is 5.75 Å². The van der Waals surface area contributed by atoms with E-state index in [1.54, 1.807) is 18.2 Å². The lowest BCUT2D eigenvalue weighted by Gasteiger charge is -2.50. The summed E-state index contributed by atoms with van der Waals surface area (Å²) in [6.45, 7) is 0. The molecule has 1 saturated carbocycles. The summed E-state index contributed by atoms with van der Waals surface area (Å²) in [5.74, 6) is -7.12. The SMILES string of the molecule is O=C1C2CC=C3C(CC4(Cl)C(=O)N(c5ccc(F)cc5)C(=O)C4(Cl)C3c3cccc(O)c3)C2C(=O)N1c1cccc(B(O)O)c1. The number of fused-ring (bicyclic) bond motifs is 4. The van der Waals surface area contributed by atoms with Gasteiger partial charge in [0, 0.05) is 5.92 Å². The van der Waals surface area contributed by atoms with Crippen LogP contribution in [0.4, 0.5) is 15.8 Å². The van der Waals surface area contributed by atoms with Gasteiger partial charge < -0.3 is 15.2 Å². The van der Waals surface area contributed by atoms with E-state index in [4.69, 9.17) is 23.2 Å². The number of allylic oxidation sites excluding steroid dienone is 2. The van der Waals surface area contributed by atoms with Gasteiger partial charge >= 0.3 is 7.12 Å². The highest BCUT2D eigenvalue weighted by molar-refractivity contribution is 6.59. The van der Waals surface area contributed by atoms with Crippen molar-refractivity contribution in [3.8, 4) is 5.75 Å². The first-order chi connectivity index (χ1) is 21.4. The summed E-state index contributed by atoms with van der Waals surface area (Å²) in [7, 11) is -1.82. The molecule has 3 N–H and O–H groups in total. The number of halogens is 3. The minimum atomic E-state index is -2.11. The fourth-order valence-electron chi connectivity index (χ4n) is 7.56. The van der Waals surface area contributed by atoms with Crippen LogP contribution in [0.15, 0.2) is 84.4 Å². The van der Waals surface area contributed by atoms with Gasteiger partial charge in [-0.2, -0.15) is 0 Å². The number of hydrogen-bond donors (Lipinski definition) is 3. The molecule has 6 atom stereocenters. The molecule has 13 heteroatoms. The van der Waals surface area contributed by atoms with E-state index in [1.165, 1.54) is 48.5 Å². The molecular weight excluding hydrogens is 625 g/mol. The average Bonchev–Trinajstić information content (AvgIpc) is 3.35. The third-order valence-electron chi connectivity index (χ3n) is 9.53. The second-order valence-electron chi connectivity index (χ2n) is 11.8. The number of imide groups is 2. The molecule has 2 saturated heterocycles. The van der Waals surface area contributed by atoms with Crippen molar-refractivity contribution < 1.29 is 38.7 Å². The highest BCUT2D eigenvalue weighted by atomic mass is 35.5. The van der Waals surface area contributed by atoms with Gasteiger partial charge in [0.2, 0.25) is 11.8 Å². The van der Waals surface area contributed by atoms with Gasteiger partial charge in [0.1, 0.15) is 11.6 Å². The van der Waals surface area contributed by atoms with E-state index in [0.29, 0.717) is 11.1 Å². The number of anilines is 2. The molecule has 0 aromatic heterocycles. The van der Waals surface area contributed by atoms with Gasteiger partial charge in [0.15, 0.2) is 9.75 Å². The van der Waals surface area contributed by atoms with Gasteiger partial charge in [-0.3, -0.25) is 24.1 Å². The van der Waals surface area contributed by atoms with E-state index in [-0.39, 0.29) is 35.4 Å². The number of phenolic OH excluding ortho intramolecular Hbond substituents is 1. The Hall–Kier alpha value is -4.03. The average molecular weight is 649 g/mol. The number of hydrogen-bond acceptors (Lipinski definition) is 7. The lowest BCUT2D eigenvalue weighted by molar-refractivity contribution is -0.125. The molecule has 4 aliphatic rings. The molecule has 0 bridgehead atoms. The monoisotopic (exact) mass is 648 g/mol. The summed E-state index contributed by atoms with van der Waals surface area (Å²) in [4.78, 5) is 54.1. The first-order valence-corrected chi connectivity index (χ1v) is 15.0. The van der Waals surface area contributed by atoms with E-state index in [2.05, 4.69) is 0 Å². The van der Waals surface area contributed by atoms with Crippen molar-refractivity contribution in [1.82, 2.24) is 0 Å². The Morgan fingerprint density at radius 2 is 1.53 bits per heavy atom. The van der Waals surface area contributed by atoms with Gasteiger partial charge in [-0.15, -0.1) is 23.2 Å². The summed E-state index contributed by atoms with van der Waals surface area (Å²) >= 11 is 14.6. The number of phenols is 1. The van der Waals surface area contributed by atoms with Crippen LogP contribution in [0.1, 0.15) is 24.3 Å². The van der Waals surface area contributed by atoms with Gasteiger partial charge in [-0.25, -0.2) is 9.29 Å². The van der Waals surface area contributed by atoms with Crippen LogP contribution >= 0.6 is 23.2 Å². The van der Waals surface area contributed by atoms with Crippen molar-refractivity contribution in [3.63, 3.8) is 0 Å². The summed E-state index contributed by atoms with van der Waals surface area (Å²) in [6, 6.07) is 16.6. The van der Waals surface area contributed by atoms with Crippen molar-refractivity contribution >= 4 is 70.8 Å². The quantitative estimate of drug-likeness (QED) is 0.171. The molecule has 0 spiro atoms. The lowest BCUT2D eigenvalue weighted by atomic mass is 9.56. The number of nitrogens with zero attached hydrogens (tertiary/aromatic N) is 2. The number of carbonyl (C=O) groups excluding carboxylic acids is 4. The standard InChI is InChI=1S/C32H24BCl2FN2O7/c34-31-15-24-22(11-12-23-25(24)28(41)37(27(23)40)20-5-2-4-17(14-20)33(44)45)26(16-3-1-6-21(39)13-16)32(31,35)30(43)38(29(31)42)19-9-7-18(36)8-10-19/h1-11,13-14,23-26,39,44-45H,12,15H2. The zero-order valence-electron chi connectivity index (χ0n) is 23.3. The minimum Gasteiger partial charge on any atom is -0.508 e. The van der Waals surface area contributed by atoms with Crippen LogP contribution in [0, 0.1) is 23.6 Å². The fourth-order valence-corrected chi connectivity index (χ4v) is 8.49. The van der Waals surface area contributed by atoms with Gasteiger partial charge in [-0.1, -0.05) is 35.9 Å². The maximum atomic E-state index is 14.3. The van der Waals surface area contributed by atoms with Gasteiger partial charge in [-0.05, 0) is 78.3 Å². The first kappa shape index (κ1) is 29.7. The minimum absolute atomic E-state index is 0.0644. The predicted molar refractivity (Wildman–Crippen MR) is 163 cm³/mol. The van der Waals surface area contributed by atoms with Crippen molar-refractivity contribution in [1.29, 1.82) is 0 Å². The number of benzene rings is 3. The Kier molecular flexibility index (Phi) is 6.76. The van der Waals surface area contributed by atoms with E-state index >= 15 is 0 Å². The number of amides is 4. The van der Waals surface area contributed by atoms with E-state index < -0.39 is 70.0 Å². The third kappa shape index (κ3) is 4.07. The molecule has 6 unspecified atom stereocenters. The molecule has 228 valence electrons. The van der Waals surface area contributed by atoms with Crippen molar-refractivity contribution in [2.45, 2.75) is 28.5 Å². The van der Waals surface area contributed by atoms with Crippen molar-refractivity contribution in [3.05, 3.63) is 95.8 Å². The second kappa shape index (κ2) is 10.2. The fraction of sp³-hybridized carbons (Fsp3) is 0.250. The molecule has 45 heavy (non-hydrogen) atoms.